The van der Waals surface area contributed by atoms with Crippen molar-refractivity contribution in [1.29, 1.82) is 5.26 Å². The van der Waals surface area contributed by atoms with Crippen LogP contribution in [0.15, 0.2) is 40.9 Å². The van der Waals surface area contributed by atoms with E-state index in [9.17, 15) is 23.3 Å². The van der Waals surface area contributed by atoms with Crippen molar-refractivity contribution >= 4 is 21.9 Å². The monoisotopic (exact) mass is 420 g/mol. The van der Waals surface area contributed by atoms with Crippen LogP contribution in [-0.2, 0) is 30.9 Å². The second-order valence-corrected chi connectivity index (χ2v) is 8.12. The molecule has 0 radical (unpaired) electrons. The smallest absolute Gasteiger partial charge is 0.309 e. The zero-order valence-corrected chi connectivity index (χ0v) is 16.9. The van der Waals surface area contributed by atoms with Crippen molar-refractivity contribution in [3.63, 3.8) is 0 Å². The van der Waals surface area contributed by atoms with Crippen LogP contribution < -0.4 is 10.5 Å². The van der Waals surface area contributed by atoms with E-state index < -0.39 is 15.9 Å². The number of carbonyl (C=O) groups excluding carboxylic acids is 2. The molecule has 10 heteroatoms. The van der Waals surface area contributed by atoms with Crippen LogP contribution in [-0.4, -0.2) is 44.9 Å². The minimum absolute atomic E-state index is 0.0101. The zero-order chi connectivity index (χ0) is 21.4. The minimum atomic E-state index is -3.75. The molecule has 2 rings (SSSR count). The lowest BCUT2D eigenvalue weighted by Gasteiger charge is -2.30. The highest BCUT2D eigenvalue weighted by Gasteiger charge is 2.29. The number of ether oxygens (including phenoxy) is 1. The summed E-state index contributed by atoms with van der Waals surface area (Å²) in [7, 11) is -3.75. The van der Waals surface area contributed by atoms with E-state index in [1.165, 1.54) is 18.3 Å². The van der Waals surface area contributed by atoms with Gasteiger partial charge < -0.3 is 15.0 Å². The van der Waals surface area contributed by atoms with Gasteiger partial charge in [-0.05, 0) is 37.5 Å². The number of benzene rings is 1. The number of amides is 1. The van der Waals surface area contributed by atoms with Crippen LogP contribution in [0, 0.1) is 17.2 Å². The van der Waals surface area contributed by atoms with Gasteiger partial charge in [0.2, 0.25) is 10.0 Å². The molecule has 1 aromatic carbocycles. The Morgan fingerprint density at radius 1 is 1.31 bits per heavy atom. The van der Waals surface area contributed by atoms with Crippen molar-refractivity contribution in [3.8, 4) is 6.07 Å². The number of primary sulfonamides is 1. The predicted octanol–water partition coefficient (Wildman–Crippen LogP) is 0.633. The third-order valence-electron chi connectivity index (χ3n) is 4.56. The van der Waals surface area contributed by atoms with Crippen molar-refractivity contribution in [2.45, 2.75) is 31.2 Å². The number of sulfonamides is 1. The van der Waals surface area contributed by atoms with Gasteiger partial charge in [0.05, 0.1) is 17.4 Å². The second kappa shape index (κ2) is 10.0. The molecular weight excluding hydrogens is 396 g/mol. The number of carbonyl (C=O) groups is 2. The lowest BCUT2D eigenvalue weighted by molar-refractivity contribution is -0.150. The van der Waals surface area contributed by atoms with E-state index in [0.717, 1.165) is 5.56 Å². The maximum Gasteiger partial charge on any atom is 0.309 e. The van der Waals surface area contributed by atoms with Crippen LogP contribution in [0.1, 0.15) is 25.3 Å². The Bertz CT molecular complexity index is 911. The number of hydrogen-bond donors (Lipinski definition) is 2. The predicted molar refractivity (Wildman–Crippen MR) is 104 cm³/mol. The van der Waals surface area contributed by atoms with Crippen molar-refractivity contribution in [1.82, 2.24) is 10.2 Å². The highest BCUT2D eigenvalue weighted by Crippen LogP contribution is 2.20. The Morgan fingerprint density at radius 2 is 1.93 bits per heavy atom. The molecule has 0 aromatic heterocycles. The number of esters is 1. The minimum Gasteiger partial charge on any atom is -0.466 e. The van der Waals surface area contributed by atoms with E-state index in [1.807, 2.05) is 6.07 Å². The summed E-state index contributed by atoms with van der Waals surface area (Å²) >= 11 is 0. The van der Waals surface area contributed by atoms with Gasteiger partial charge in [0.15, 0.2) is 0 Å². The van der Waals surface area contributed by atoms with Gasteiger partial charge in [-0.25, -0.2) is 13.6 Å². The van der Waals surface area contributed by atoms with E-state index in [2.05, 4.69) is 5.32 Å². The average molecular weight is 420 g/mol. The number of likely N-dealkylation sites (tertiary alicyclic amines) is 1. The number of nitriles is 1. The van der Waals surface area contributed by atoms with Gasteiger partial charge in [-0.1, -0.05) is 12.1 Å². The number of piperidine rings is 1. The van der Waals surface area contributed by atoms with E-state index in [0.29, 0.717) is 39.1 Å². The first-order valence-electron chi connectivity index (χ1n) is 9.17. The quantitative estimate of drug-likeness (QED) is 0.374. The first-order chi connectivity index (χ1) is 13.8. The Kier molecular flexibility index (Phi) is 7.75. The van der Waals surface area contributed by atoms with Crippen molar-refractivity contribution in [2.24, 2.45) is 11.1 Å². The van der Waals surface area contributed by atoms with Crippen LogP contribution >= 0.6 is 0 Å². The molecule has 0 aliphatic carbocycles. The molecule has 1 aliphatic rings. The third-order valence-corrected chi connectivity index (χ3v) is 5.49. The van der Waals surface area contributed by atoms with E-state index in [-0.39, 0.29) is 22.4 Å². The fourth-order valence-electron chi connectivity index (χ4n) is 2.96. The van der Waals surface area contributed by atoms with Gasteiger partial charge >= 0.3 is 5.97 Å². The molecule has 0 bridgehead atoms. The standard InChI is InChI=1S/C19H24N4O5S/c1-2-28-19(25)15-7-9-23(10-8-15)18(24)16(11-20)13-22-12-14-3-5-17(6-4-14)29(21,26)27/h3-6,13,15,22H,2,7-10,12H2,1H3,(H2,21,26,27)/b16-13-. The van der Waals surface area contributed by atoms with Crippen LogP contribution in [0.5, 0.6) is 0 Å². The van der Waals surface area contributed by atoms with Crippen LogP contribution in [0.3, 0.4) is 0 Å². The zero-order valence-electron chi connectivity index (χ0n) is 16.1. The summed E-state index contributed by atoms with van der Waals surface area (Å²) in [6.45, 7) is 3.15. The van der Waals surface area contributed by atoms with Crippen molar-refractivity contribution in [3.05, 3.63) is 41.6 Å². The molecule has 0 saturated carbocycles. The molecule has 1 amide bonds. The van der Waals surface area contributed by atoms with Gasteiger partial charge in [0.1, 0.15) is 11.6 Å². The fourth-order valence-corrected chi connectivity index (χ4v) is 3.47. The van der Waals surface area contributed by atoms with Gasteiger partial charge in [-0.15, -0.1) is 0 Å². The maximum absolute atomic E-state index is 12.5. The summed E-state index contributed by atoms with van der Waals surface area (Å²) in [6.07, 6.45) is 2.35. The SMILES string of the molecule is CCOC(=O)C1CCN(C(=O)/C(C#N)=C\NCc2ccc(S(N)(=O)=O)cc2)CC1. The average Bonchev–Trinajstić information content (AvgIpc) is 2.71. The molecule has 0 spiro atoms. The second-order valence-electron chi connectivity index (χ2n) is 6.56. The largest absolute Gasteiger partial charge is 0.466 e. The topological polar surface area (TPSA) is 143 Å². The van der Waals surface area contributed by atoms with Gasteiger partial charge in [0.25, 0.3) is 5.91 Å². The molecule has 1 heterocycles. The lowest BCUT2D eigenvalue weighted by atomic mass is 9.96. The summed E-state index contributed by atoms with van der Waals surface area (Å²) in [5, 5.41) is 17.2. The number of rotatable bonds is 7. The normalized spacial score (nSPS) is 15.5. The van der Waals surface area contributed by atoms with Crippen LogP contribution in [0.2, 0.25) is 0 Å². The molecule has 1 saturated heterocycles. The van der Waals surface area contributed by atoms with Crippen molar-refractivity contribution < 1.29 is 22.7 Å². The Hall–Kier alpha value is -2.90. The lowest BCUT2D eigenvalue weighted by Crippen LogP contribution is -2.41. The first kappa shape index (κ1) is 22.4. The van der Waals surface area contributed by atoms with Crippen LogP contribution in [0.25, 0.3) is 0 Å². The summed E-state index contributed by atoms with van der Waals surface area (Å²) in [5.74, 6) is -0.857. The van der Waals surface area contributed by atoms with E-state index >= 15 is 0 Å². The third kappa shape index (κ3) is 6.30. The molecule has 1 aliphatic heterocycles. The van der Waals surface area contributed by atoms with E-state index in [4.69, 9.17) is 9.88 Å². The molecule has 0 unspecified atom stereocenters. The van der Waals surface area contributed by atoms with Gasteiger partial charge in [-0.2, -0.15) is 5.26 Å². The number of nitrogens with one attached hydrogen (secondary N) is 1. The Balaban J connectivity index is 1.90. The molecule has 9 nitrogen and oxygen atoms in total. The Labute approximate surface area is 170 Å². The van der Waals surface area contributed by atoms with Gasteiger partial charge in [-0.3, -0.25) is 9.59 Å². The van der Waals surface area contributed by atoms with E-state index in [1.54, 1.807) is 24.0 Å². The summed E-state index contributed by atoms with van der Waals surface area (Å²) < 4.78 is 27.5. The maximum atomic E-state index is 12.5. The summed E-state index contributed by atoms with van der Waals surface area (Å²) in [4.78, 5) is 25.9. The molecular formula is C19H24N4O5S. The molecule has 29 heavy (non-hydrogen) atoms. The number of nitrogens with two attached hydrogens (primary N) is 1. The highest BCUT2D eigenvalue weighted by atomic mass is 32.2. The number of nitrogens with zero attached hydrogens (tertiary/aromatic N) is 2. The van der Waals surface area contributed by atoms with Crippen molar-refractivity contribution in [2.75, 3.05) is 19.7 Å². The highest BCUT2D eigenvalue weighted by molar-refractivity contribution is 7.89. The molecule has 156 valence electrons. The molecule has 0 atom stereocenters. The van der Waals surface area contributed by atoms with Crippen LogP contribution in [0.4, 0.5) is 0 Å². The first-order valence-corrected chi connectivity index (χ1v) is 10.7. The Morgan fingerprint density at radius 3 is 2.45 bits per heavy atom. The summed E-state index contributed by atoms with van der Waals surface area (Å²) in [5.41, 5.74) is 0.717. The molecule has 3 N–H and O–H groups in total. The fraction of sp³-hybridized carbons (Fsp3) is 0.421. The molecule has 1 fully saturated rings. The molecule has 1 aromatic rings. The number of hydrogen-bond acceptors (Lipinski definition) is 7. The summed E-state index contributed by atoms with van der Waals surface area (Å²) in [6, 6.07) is 7.85. The van der Waals surface area contributed by atoms with Gasteiger partial charge in [0, 0.05) is 25.8 Å².